The van der Waals surface area contributed by atoms with Crippen molar-refractivity contribution in [2.75, 3.05) is 0 Å². The third kappa shape index (κ3) is 2.39. The Bertz CT molecular complexity index is 714. The average molecular weight is 300 g/mol. The van der Waals surface area contributed by atoms with Crippen molar-refractivity contribution >= 4 is 5.91 Å². The summed E-state index contributed by atoms with van der Waals surface area (Å²) in [6, 6.07) is 7.71. The quantitative estimate of drug-likeness (QED) is 0.758. The molecule has 0 spiro atoms. The highest BCUT2D eigenvalue weighted by Gasteiger charge is 2.39. The second-order valence-corrected chi connectivity index (χ2v) is 6.02. The zero-order chi connectivity index (χ0) is 15.1. The monoisotopic (exact) mass is 300 g/mol. The molecule has 1 amide bonds. The van der Waals surface area contributed by atoms with Gasteiger partial charge in [-0.1, -0.05) is 0 Å². The molecule has 2 aliphatic heterocycles. The zero-order valence-electron chi connectivity index (χ0n) is 12.0. The maximum Gasteiger partial charge on any atom is 0.267 e. The van der Waals surface area contributed by atoms with Crippen molar-refractivity contribution in [3.63, 3.8) is 0 Å². The van der Waals surface area contributed by atoms with Crippen LogP contribution in [0.3, 0.4) is 0 Å². The predicted molar refractivity (Wildman–Crippen MR) is 79.8 cm³/mol. The number of H-pyrrole nitrogens is 1. The summed E-state index contributed by atoms with van der Waals surface area (Å²) >= 11 is 0. The molecular formula is C16H17FN4O. The van der Waals surface area contributed by atoms with Crippen LogP contribution in [0.1, 0.15) is 29.8 Å². The van der Waals surface area contributed by atoms with Gasteiger partial charge in [0.2, 0.25) is 5.95 Å². The maximum absolute atomic E-state index is 13.2. The summed E-state index contributed by atoms with van der Waals surface area (Å²) in [7, 11) is 0. The number of aromatic nitrogens is 2. The number of carbonyl (C=O) groups is 1. The van der Waals surface area contributed by atoms with Crippen LogP contribution in [0, 0.1) is 5.95 Å². The second kappa shape index (κ2) is 5.21. The number of fused-ring (bicyclic) bond motifs is 2. The fourth-order valence-corrected chi connectivity index (χ4v) is 3.50. The number of carbonyl (C=O) groups excluding carboxylic acids is 1. The molecule has 2 aromatic heterocycles. The first-order chi connectivity index (χ1) is 10.7. The highest BCUT2D eigenvalue weighted by Crippen LogP contribution is 2.28. The van der Waals surface area contributed by atoms with Crippen molar-refractivity contribution in [1.82, 2.24) is 20.6 Å². The molecule has 0 aliphatic carbocycles. The molecular weight excluding hydrogens is 283 g/mol. The number of aromatic amines is 1. The lowest BCUT2D eigenvalue weighted by Crippen LogP contribution is -2.43. The summed E-state index contributed by atoms with van der Waals surface area (Å²) in [5.74, 6) is -0.647. The average Bonchev–Trinajstić information content (AvgIpc) is 3.23. The van der Waals surface area contributed by atoms with E-state index in [1.54, 1.807) is 18.2 Å². The van der Waals surface area contributed by atoms with Gasteiger partial charge in [0, 0.05) is 41.6 Å². The molecule has 3 N–H and O–H groups in total. The Morgan fingerprint density at radius 2 is 2.23 bits per heavy atom. The second-order valence-electron chi connectivity index (χ2n) is 6.02. The summed E-state index contributed by atoms with van der Waals surface area (Å²) < 4.78 is 13.2. The van der Waals surface area contributed by atoms with E-state index in [-0.39, 0.29) is 11.9 Å². The first-order valence-corrected chi connectivity index (χ1v) is 7.57. The van der Waals surface area contributed by atoms with Crippen LogP contribution >= 0.6 is 0 Å². The number of nitrogens with one attached hydrogen (secondary N) is 3. The number of amides is 1. The highest BCUT2D eigenvalue weighted by molar-refractivity contribution is 5.93. The third-order valence-corrected chi connectivity index (χ3v) is 4.58. The molecule has 114 valence electrons. The molecule has 0 aromatic carbocycles. The molecule has 2 fully saturated rings. The lowest BCUT2D eigenvalue weighted by Gasteiger charge is -2.21. The minimum atomic E-state index is -0.536. The first kappa shape index (κ1) is 13.5. The van der Waals surface area contributed by atoms with Gasteiger partial charge in [0.25, 0.3) is 5.91 Å². The maximum atomic E-state index is 13.2. The lowest BCUT2D eigenvalue weighted by molar-refractivity contribution is 0.0926. The van der Waals surface area contributed by atoms with Gasteiger partial charge in [-0.3, -0.25) is 4.79 Å². The van der Waals surface area contributed by atoms with Crippen molar-refractivity contribution in [3.05, 3.63) is 42.1 Å². The van der Waals surface area contributed by atoms with E-state index < -0.39 is 5.95 Å². The normalized spacial score (nSPS) is 26.3. The van der Waals surface area contributed by atoms with Gasteiger partial charge in [0.1, 0.15) is 5.69 Å². The van der Waals surface area contributed by atoms with Gasteiger partial charge in [-0.25, -0.2) is 4.98 Å². The fraction of sp³-hybridized carbons (Fsp3) is 0.375. The number of pyridine rings is 1. The first-order valence-electron chi connectivity index (χ1n) is 7.57. The lowest BCUT2D eigenvalue weighted by atomic mass is 9.95. The molecule has 22 heavy (non-hydrogen) atoms. The molecule has 6 heteroatoms. The smallest absolute Gasteiger partial charge is 0.267 e. The number of rotatable bonds is 3. The Balaban J connectivity index is 1.48. The molecule has 2 bridgehead atoms. The molecule has 0 unspecified atom stereocenters. The van der Waals surface area contributed by atoms with E-state index in [4.69, 9.17) is 0 Å². The molecule has 2 aromatic rings. The summed E-state index contributed by atoms with van der Waals surface area (Å²) in [5, 5.41) is 6.58. The molecule has 0 saturated carbocycles. The Hall–Kier alpha value is -2.21. The predicted octanol–water partition coefficient (Wildman–Crippen LogP) is 1.84. The summed E-state index contributed by atoms with van der Waals surface area (Å²) in [4.78, 5) is 18.9. The van der Waals surface area contributed by atoms with Gasteiger partial charge in [0.15, 0.2) is 0 Å². The number of hydrogen-bond donors (Lipinski definition) is 3. The molecule has 3 atom stereocenters. The summed E-state index contributed by atoms with van der Waals surface area (Å²) in [5.41, 5.74) is 1.88. The van der Waals surface area contributed by atoms with E-state index in [1.165, 1.54) is 18.7 Å². The van der Waals surface area contributed by atoms with Crippen LogP contribution < -0.4 is 10.6 Å². The van der Waals surface area contributed by atoms with Crippen molar-refractivity contribution < 1.29 is 9.18 Å². The van der Waals surface area contributed by atoms with Crippen LogP contribution in [0.2, 0.25) is 0 Å². The van der Waals surface area contributed by atoms with Gasteiger partial charge in [-0.2, -0.15) is 4.39 Å². The third-order valence-electron chi connectivity index (χ3n) is 4.58. The van der Waals surface area contributed by atoms with Gasteiger partial charge >= 0.3 is 0 Å². The largest absolute Gasteiger partial charge is 0.351 e. The van der Waals surface area contributed by atoms with Crippen LogP contribution in [-0.2, 0) is 0 Å². The van der Waals surface area contributed by atoms with E-state index in [9.17, 15) is 9.18 Å². The topological polar surface area (TPSA) is 69.8 Å². The van der Waals surface area contributed by atoms with Crippen molar-refractivity contribution in [1.29, 1.82) is 0 Å². The van der Waals surface area contributed by atoms with Gasteiger partial charge in [-0.15, -0.1) is 0 Å². The molecule has 0 radical (unpaired) electrons. The minimum absolute atomic E-state index is 0.111. The Morgan fingerprint density at radius 1 is 1.32 bits per heavy atom. The van der Waals surface area contributed by atoms with Gasteiger partial charge in [0.05, 0.1) is 0 Å². The molecule has 2 aliphatic rings. The Kier molecular flexibility index (Phi) is 3.18. The standard InChI is InChI=1S/C16H17FN4O/c17-15-7-9(5-6-18-15)11-3-4-13(20-11)16(22)21-14-8-10-1-2-12(14)19-10/h3-7,10,12,14,19-20H,1-2,8H2,(H,21,22)/t10-,12+,14-/m1/s1. The SMILES string of the molecule is O=C(N[C@@H]1C[C@H]2CC[C@@H]1N2)c1ccc(-c2ccnc(F)c2)[nH]1. The van der Waals surface area contributed by atoms with E-state index in [0.29, 0.717) is 29.0 Å². The van der Waals surface area contributed by atoms with E-state index >= 15 is 0 Å². The highest BCUT2D eigenvalue weighted by atomic mass is 19.1. The summed E-state index contributed by atoms with van der Waals surface area (Å²) in [6.07, 6.45) is 4.74. The number of nitrogens with zero attached hydrogens (tertiary/aromatic N) is 1. The molecule has 2 saturated heterocycles. The number of halogens is 1. The van der Waals surface area contributed by atoms with Crippen LogP contribution in [0.25, 0.3) is 11.3 Å². The van der Waals surface area contributed by atoms with Crippen LogP contribution in [0.5, 0.6) is 0 Å². The van der Waals surface area contributed by atoms with Crippen LogP contribution in [0.4, 0.5) is 4.39 Å². The van der Waals surface area contributed by atoms with Gasteiger partial charge < -0.3 is 15.6 Å². The van der Waals surface area contributed by atoms with E-state index in [0.717, 1.165) is 12.8 Å². The zero-order valence-corrected chi connectivity index (χ0v) is 12.0. The Labute approximate surface area is 127 Å². The minimum Gasteiger partial charge on any atom is -0.351 e. The molecule has 4 heterocycles. The van der Waals surface area contributed by atoms with Crippen LogP contribution in [-0.4, -0.2) is 34.0 Å². The molecule has 4 rings (SSSR count). The fourth-order valence-electron chi connectivity index (χ4n) is 3.50. The van der Waals surface area contributed by atoms with E-state index in [2.05, 4.69) is 20.6 Å². The Morgan fingerprint density at radius 3 is 2.95 bits per heavy atom. The van der Waals surface area contributed by atoms with Crippen molar-refractivity contribution in [2.45, 2.75) is 37.4 Å². The van der Waals surface area contributed by atoms with E-state index in [1.807, 2.05) is 0 Å². The summed E-state index contributed by atoms with van der Waals surface area (Å²) in [6.45, 7) is 0. The molecule has 5 nitrogen and oxygen atoms in total. The van der Waals surface area contributed by atoms with Crippen molar-refractivity contribution in [2.24, 2.45) is 0 Å². The van der Waals surface area contributed by atoms with Gasteiger partial charge in [-0.05, 0) is 37.5 Å². The number of hydrogen-bond acceptors (Lipinski definition) is 3. The van der Waals surface area contributed by atoms with Crippen molar-refractivity contribution in [3.8, 4) is 11.3 Å². The van der Waals surface area contributed by atoms with Crippen LogP contribution in [0.15, 0.2) is 30.5 Å².